The van der Waals surface area contributed by atoms with E-state index >= 15 is 0 Å². The summed E-state index contributed by atoms with van der Waals surface area (Å²) in [6.07, 6.45) is 4.14. The zero-order valence-electron chi connectivity index (χ0n) is 17.2. The van der Waals surface area contributed by atoms with Crippen molar-refractivity contribution < 1.29 is 9.47 Å². The molecule has 1 fully saturated rings. The molecule has 2 aliphatic rings. The molecule has 2 heterocycles. The van der Waals surface area contributed by atoms with Gasteiger partial charge >= 0.3 is 0 Å². The Morgan fingerprint density at radius 1 is 1.17 bits per heavy atom. The van der Waals surface area contributed by atoms with Crippen LogP contribution in [-0.4, -0.2) is 50.7 Å². The summed E-state index contributed by atoms with van der Waals surface area (Å²) in [5.41, 5.74) is 6.75. The first-order valence-electron chi connectivity index (χ1n) is 9.97. The summed E-state index contributed by atoms with van der Waals surface area (Å²) in [5.74, 6) is 2.10. The van der Waals surface area contributed by atoms with Crippen LogP contribution >= 0.6 is 0 Å². The Morgan fingerprint density at radius 2 is 1.90 bits per heavy atom. The van der Waals surface area contributed by atoms with Gasteiger partial charge in [-0.2, -0.15) is 0 Å². The maximum Gasteiger partial charge on any atom is 0.142 e. The van der Waals surface area contributed by atoms with E-state index in [9.17, 15) is 0 Å². The van der Waals surface area contributed by atoms with Crippen LogP contribution in [0.15, 0.2) is 48.5 Å². The Hall–Kier alpha value is -2.83. The van der Waals surface area contributed by atoms with Crippen LogP contribution in [0.5, 0.6) is 11.5 Å². The van der Waals surface area contributed by atoms with Gasteiger partial charge in [-0.15, -0.1) is 0 Å². The first-order valence-corrected chi connectivity index (χ1v) is 9.97. The number of fused-ring (bicyclic) bond motifs is 1. The lowest BCUT2D eigenvalue weighted by Gasteiger charge is -2.40. The van der Waals surface area contributed by atoms with Gasteiger partial charge in [-0.25, -0.2) is 5.43 Å². The third-order valence-electron chi connectivity index (χ3n) is 5.79. The number of methoxy groups -OCH3 is 1. The van der Waals surface area contributed by atoms with Crippen LogP contribution in [0.1, 0.15) is 29.5 Å². The molecule has 2 aromatic carbocycles. The zero-order valence-corrected chi connectivity index (χ0v) is 17.2. The molecular formula is C23H28N4O2. The van der Waals surface area contributed by atoms with E-state index in [1.165, 1.54) is 0 Å². The lowest BCUT2D eigenvalue weighted by molar-refractivity contribution is 0.0813. The van der Waals surface area contributed by atoms with Gasteiger partial charge in [0.25, 0.3) is 0 Å². The van der Waals surface area contributed by atoms with Gasteiger partial charge < -0.3 is 14.8 Å². The molecule has 0 unspecified atom stereocenters. The third-order valence-corrected chi connectivity index (χ3v) is 5.79. The Labute approximate surface area is 172 Å². The van der Waals surface area contributed by atoms with Crippen molar-refractivity contribution in [3.63, 3.8) is 0 Å². The fourth-order valence-corrected chi connectivity index (χ4v) is 4.05. The van der Waals surface area contributed by atoms with Crippen LogP contribution in [0.25, 0.3) is 5.57 Å². The smallest absolute Gasteiger partial charge is 0.142 e. The highest BCUT2D eigenvalue weighted by atomic mass is 16.5. The highest BCUT2D eigenvalue weighted by Crippen LogP contribution is 2.46. The van der Waals surface area contributed by atoms with Crippen molar-refractivity contribution in [2.24, 2.45) is 0 Å². The number of hydrogen-bond donors (Lipinski definition) is 3. The van der Waals surface area contributed by atoms with E-state index in [1.807, 2.05) is 37.4 Å². The molecule has 6 heteroatoms. The van der Waals surface area contributed by atoms with Gasteiger partial charge in [0, 0.05) is 32.5 Å². The molecule has 0 aromatic heterocycles. The highest BCUT2D eigenvalue weighted by molar-refractivity contribution is 5.96. The Bertz CT molecular complexity index is 930. The number of ether oxygens (including phenoxy) is 2. The molecule has 2 aliphatic heterocycles. The minimum absolute atomic E-state index is 0.294. The third kappa shape index (κ3) is 3.61. The molecule has 2 aromatic rings. The second-order valence-electron chi connectivity index (χ2n) is 7.52. The van der Waals surface area contributed by atoms with E-state index in [4.69, 9.17) is 14.9 Å². The first-order chi connectivity index (χ1) is 14.1. The quantitative estimate of drug-likeness (QED) is 0.424. The fourth-order valence-electron chi connectivity index (χ4n) is 4.05. The predicted molar refractivity (Wildman–Crippen MR) is 116 cm³/mol. The Balaban J connectivity index is 1.78. The van der Waals surface area contributed by atoms with Gasteiger partial charge in [0.15, 0.2) is 0 Å². The summed E-state index contributed by atoms with van der Waals surface area (Å²) in [6, 6.07) is 14.1. The summed E-state index contributed by atoms with van der Waals surface area (Å²) in [5, 5.41) is 13.4. The van der Waals surface area contributed by atoms with Crippen LogP contribution < -0.4 is 20.2 Å². The number of hydrogen-bond acceptors (Lipinski definition) is 5. The summed E-state index contributed by atoms with van der Waals surface area (Å²) < 4.78 is 12.2. The average molecular weight is 393 g/mol. The van der Waals surface area contributed by atoms with Crippen molar-refractivity contribution in [1.29, 1.82) is 5.41 Å². The molecule has 3 N–H and O–H groups in total. The normalized spacial score (nSPS) is 17.1. The van der Waals surface area contributed by atoms with Gasteiger partial charge in [-0.05, 0) is 42.4 Å². The van der Waals surface area contributed by atoms with Crippen molar-refractivity contribution in [2.75, 3.05) is 34.3 Å². The van der Waals surface area contributed by atoms with Crippen molar-refractivity contribution in [3.8, 4) is 11.5 Å². The van der Waals surface area contributed by atoms with Gasteiger partial charge in [-0.3, -0.25) is 10.4 Å². The van der Waals surface area contributed by atoms with Gasteiger partial charge in [0.2, 0.25) is 0 Å². The van der Waals surface area contributed by atoms with Crippen LogP contribution in [0.3, 0.4) is 0 Å². The highest BCUT2D eigenvalue weighted by Gasteiger charge is 2.38. The number of nitrogens with zero attached hydrogens (tertiary/aromatic N) is 1. The largest absolute Gasteiger partial charge is 0.496 e. The van der Waals surface area contributed by atoms with E-state index in [0.29, 0.717) is 5.84 Å². The molecule has 6 nitrogen and oxygen atoms in total. The average Bonchev–Trinajstić information content (AvgIpc) is 2.77. The predicted octanol–water partition coefficient (Wildman–Crippen LogP) is 3.03. The summed E-state index contributed by atoms with van der Waals surface area (Å²) in [4.78, 5) is 0. The van der Waals surface area contributed by atoms with Gasteiger partial charge in [0.05, 0.1) is 12.7 Å². The van der Waals surface area contributed by atoms with Crippen LogP contribution in [0, 0.1) is 5.41 Å². The number of benzene rings is 2. The lowest BCUT2D eigenvalue weighted by Crippen LogP contribution is -2.46. The first kappa shape index (κ1) is 19.5. The lowest BCUT2D eigenvalue weighted by atomic mass is 9.83. The monoisotopic (exact) mass is 392 g/mol. The van der Waals surface area contributed by atoms with E-state index < -0.39 is 0 Å². The molecule has 0 radical (unpaired) electrons. The van der Waals surface area contributed by atoms with Crippen LogP contribution in [-0.2, 0) is 0 Å². The molecule has 0 saturated carbocycles. The number of piperidine rings is 1. The van der Waals surface area contributed by atoms with E-state index in [1.54, 1.807) is 19.2 Å². The molecule has 0 atom stereocenters. The maximum atomic E-state index is 8.29. The summed E-state index contributed by atoms with van der Waals surface area (Å²) >= 11 is 0. The van der Waals surface area contributed by atoms with Crippen molar-refractivity contribution in [2.45, 2.75) is 18.4 Å². The molecular weight excluding hydrogens is 364 g/mol. The second kappa shape index (κ2) is 7.89. The molecule has 4 rings (SSSR count). The van der Waals surface area contributed by atoms with Crippen LogP contribution in [0.4, 0.5) is 0 Å². The Morgan fingerprint density at radius 3 is 2.55 bits per heavy atom. The second-order valence-corrected chi connectivity index (χ2v) is 7.52. The summed E-state index contributed by atoms with van der Waals surface area (Å²) in [7, 11) is 5.33. The van der Waals surface area contributed by atoms with Gasteiger partial charge in [0.1, 0.15) is 22.9 Å². The fraction of sp³-hybridized carbons (Fsp3) is 0.348. The van der Waals surface area contributed by atoms with E-state index in [-0.39, 0.29) is 5.60 Å². The maximum absolute atomic E-state index is 8.29. The molecule has 0 bridgehead atoms. The van der Waals surface area contributed by atoms with E-state index in [2.05, 4.69) is 29.0 Å². The van der Waals surface area contributed by atoms with E-state index in [0.717, 1.165) is 59.7 Å². The minimum atomic E-state index is -0.294. The molecule has 1 spiro atoms. The molecule has 152 valence electrons. The number of amidine groups is 1. The number of rotatable bonds is 4. The summed E-state index contributed by atoms with van der Waals surface area (Å²) in [6.45, 7) is 1.88. The number of hydrazine groups is 1. The van der Waals surface area contributed by atoms with Crippen molar-refractivity contribution in [1.82, 2.24) is 15.8 Å². The zero-order chi connectivity index (χ0) is 20.4. The number of nitrogens with one attached hydrogen (secondary N) is 3. The van der Waals surface area contributed by atoms with Crippen LogP contribution in [0.2, 0.25) is 0 Å². The minimum Gasteiger partial charge on any atom is -0.496 e. The Kier molecular flexibility index (Phi) is 5.30. The molecule has 0 aliphatic carbocycles. The SMILES string of the molecule is CNN(C)C(=N)c1ccc(C2=CC3(CCNCC3)Oc3cccc(OC)c32)cc1. The van der Waals surface area contributed by atoms with Gasteiger partial charge in [-0.1, -0.05) is 30.3 Å². The van der Waals surface area contributed by atoms with Crippen molar-refractivity contribution in [3.05, 3.63) is 65.2 Å². The topological polar surface area (TPSA) is 69.6 Å². The molecule has 0 amide bonds. The van der Waals surface area contributed by atoms with Crippen molar-refractivity contribution >= 4 is 11.4 Å². The molecule has 1 saturated heterocycles. The standard InChI is InChI=1S/C23H28N4O2/c1-25-27(2)22(24)17-9-7-16(8-10-17)18-15-23(11-13-26-14-12-23)29-20-6-4-5-19(28-3)21(18)20/h4-10,15,24-26H,11-14H2,1-3H3. The molecule has 29 heavy (non-hydrogen) atoms.